The Bertz CT molecular complexity index is 600. The van der Waals surface area contributed by atoms with Crippen molar-refractivity contribution in [2.45, 2.75) is 26.3 Å². The summed E-state index contributed by atoms with van der Waals surface area (Å²) in [4.78, 5) is 10.6. The van der Waals surface area contributed by atoms with E-state index in [1.165, 1.54) is 5.56 Å². The summed E-state index contributed by atoms with van der Waals surface area (Å²) in [6.45, 7) is 2.81. The molecular weight excluding hydrogens is 252 g/mol. The van der Waals surface area contributed by atoms with Crippen molar-refractivity contribution < 1.29 is 9.90 Å². The SMILES string of the molecule is CCCc1c(C=CC(=O)O)cnn1Cc1ccccc1. The van der Waals surface area contributed by atoms with E-state index in [0.29, 0.717) is 6.54 Å². The van der Waals surface area contributed by atoms with E-state index in [4.69, 9.17) is 5.11 Å². The van der Waals surface area contributed by atoms with Crippen LogP contribution in [0, 0.1) is 0 Å². The molecule has 2 aromatic rings. The van der Waals surface area contributed by atoms with Crippen LogP contribution in [0.4, 0.5) is 0 Å². The van der Waals surface area contributed by atoms with Crippen LogP contribution in [0.2, 0.25) is 0 Å². The Labute approximate surface area is 118 Å². The fourth-order valence-electron chi connectivity index (χ4n) is 2.13. The van der Waals surface area contributed by atoms with Gasteiger partial charge in [0.25, 0.3) is 0 Å². The molecule has 1 aromatic carbocycles. The number of hydrogen-bond acceptors (Lipinski definition) is 2. The number of nitrogens with zero attached hydrogens (tertiary/aromatic N) is 2. The molecule has 0 amide bonds. The van der Waals surface area contributed by atoms with Gasteiger partial charge in [-0.05, 0) is 18.1 Å². The molecule has 0 aliphatic carbocycles. The molecule has 0 bridgehead atoms. The Balaban J connectivity index is 2.26. The molecule has 1 N–H and O–H groups in total. The van der Waals surface area contributed by atoms with E-state index < -0.39 is 5.97 Å². The summed E-state index contributed by atoms with van der Waals surface area (Å²) in [5, 5.41) is 13.1. The van der Waals surface area contributed by atoms with Gasteiger partial charge in [-0.2, -0.15) is 5.10 Å². The van der Waals surface area contributed by atoms with Crippen molar-refractivity contribution in [3.8, 4) is 0 Å². The zero-order chi connectivity index (χ0) is 14.4. The van der Waals surface area contributed by atoms with Gasteiger partial charge in [-0.25, -0.2) is 4.79 Å². The van der Waals surface area contributed by atoms with Crippen molar-refractivity contribution in [2.75, 3.05) is 0 Å². The third-order valence-corrected chi connectivity index (χ3v) is 3.05. The van der Waals surface area contributed by atoms with Crippen LogP contribution in [0.1, 0.15) is 30.2 Å². The molecule has 20 heavy (non-hydrogen) atoms. The zero-order valence-corrected chi connectivity index (χ0v) is 11.5. The van der Waals surface area contributed by atoms with Crippen LogP contribution in [-0.4, -0.2) is 20.9 Å². The van der Waals surface area contributed by atoms with Gasteiger partial charge in [0.05, 0.1) is 12.7 Å². The summed E-state index contributed by atoms with van der Waals surface area (Å²) in [5.41, 5.74) is 3.14. The van der Waals surface area contributed by atoms with Gasteiger partial charge < -0.3 is 5.11 Å². The highest BCUT2D eigenvalue weighted by atomic mass is 16.4. The second-order valence-electron chi connectivity index (χ2n) is 4.61. The molecule has 0 saturated heterocycles. The highest BCUT2D eigenvalue weighted by Gasteiger charge is 2.08. The Hall–Kier alpha value is -2.36. The van der Waals surface area contributed by atoms with Crippen molar-refractivity contribution >= 4 is 12.0 Å². The fourth-order valence-corrected chi connectivity index (χ4v) is 2.13. The highest BCUT2D eigenvalue weighted by molar-refractivity contribution is 5.85. The number of carboxylic acid groups (broad SMARTS) is 1. The summed E-state index contributed by atoms with van der Waals surface area (Å²) in [6, 6.07) is 10.1. The van der Waals surface area contributed by atoms with Gasteiger partial charge in [0, 0.05) is 17.3 Å². The monoisotopic (exact) mass is 270 g/mol. The van der Waals surface area contributed by atoms with Crippen molar-refractivity contribution in [3.63, 3.8) is 0 Å². The Morgan fingerprint density at radius 3 is 2.75 bits per heavy atom. The molecule has 2 rings (SSSR count). The van der Waals surface area contributed by atoms with E-state index >= 15 is 0 Å². The van der Waals surface area contributed by atoms with Crippen LogP contribution in [0.3, 0.4) is 0 Å². The van der Waals surface area contributed by atoms with E-state index in [1.54, 1.807) is 12.3 Å². The lowest BCUT2D eigenvalue weighted by atomic mass is 10.1. The largest absolute Gasteiger partial charge is 0.478 e. The standard InChI is InChI=1S/C16H18N2O2/c1-2-6-15-14(9-10-16(19)20)11-17-18(15)12-13-7-4-3-5-8-13/h3-5,7-11H,2,6,12H2,1H3,(H,19,20). The van der Waals surface area contributed by atoms with E-state index in [2.05, 4.69) is 24.2 Å². The van der Waals surface area contributed by atoms with E-state index in [9.17, 15) is 4.79 Å². The number of aliphatic carboxylic acids is 1. The van der Waals surface area contributed by atoms with Gasteiger partial charge in [-0.3, -0.25) is 4.68 Å². The van der Waals surface area contributed by atoms with Crippen LogP contribution in [0.5, 0.6) is 0 Å². The Morgan fingerprint density at radius 1 is 1.35 bits per heavy atom. The van der Waals surface area contributed by atoms with Gasteiger partial charge in [0.2, 0.25) is 0 Å². The van der Waals surface area contributed by atoms with Crippen molar-refractivity contribution in [1.29, 1.82) is 0 Å². The topological polar surface area (TPSA) is 55.1 Å². The highest BCUT2D eigenvalue weighted by Crippen LogP contribution is 2.15. The first-order chi connectivity index (χ1) is 9.70. The van der Waals surface area contributed by atoms with Crippen molar-refractivity contribution in [2.24, 2.45) is 0 Å². The molecule has 1 aromatic heterocycles. The molecule has 4 nitrogen and oxygen atoms in total. The van der Waals surface area contributed by atoms with Gasteiger partial charge in [0.15, 0.2) is 0 Å². The van der Waals surface area contributed by atoms with Crippen molar-refractivity contribution in [3.05, 3.63) is 59.4 Å². The summed E-state index contributed by atoms with van der Waals surface area (Å²) in [6.07, 6.45) is 6.37. The number of benzene rings is 1. The predicted octanol–water partition coefficient (Wildman–Crippen LogP) is 2.98. The maximum absolute atomic E-state index is 10.6. The minimum atomic E-state index is -0.941. The number of hydrogen-bond donors (Lipinski definition) is 1. The number of carbonyl (C=O) groups is 1. The van der Waals surface area contributed by atoms with Crippen molar-refractivity contribution in [1.82, 2.24) is 9.78 Å². The molecule has 0 spiro atoms. The minimum Gasteiger partial charge on any atom is -0.478 e. The fraction of sp³-hybridized carbons (Fsp3) is 0.250. The summed E-state index contributed by atoms with van der Waals surface area (Å²) >= 11 is 0. The van der Waals surface area contributed by atoms with Gasteiger partial charge in [0.1, 0.15) is 0 Å². The summed E-state index contributed by atoms with van der Waals surface area (Å²) in [5.74, 6) is -0.941. The Morgan fingerprint density at radius 2 is 2.10 bits per heavy atom. The lowest BCUT2D eigenvalue weighted by Crippen LogP contribution is -2.06. The van der Waals surface area contributed by atoms with Crippen LogP contribution in [-0.2, 0) is 17.8 Å². The van der Waals surface area contributed by atoms with Gasteiger partial charge in [-0.15, -0.1) is 0 Å². The van der Waals surface area contributed by atoms with Crippen LogP contribution >= 0.6 is 0 Å². The number of rotatable bonds is 6. The van der Waals surface area contributed by atoms with E-state index in [0.717, 1.165) is 30.2 Å². The molecule has 1 heterocycles. The molecular formula is C16H18N2O2. The summed E-state index contributed by atoms with van der Waals surface area (Å²) in [7, 11) is 0. The smallest absolute Gasteiger partial charge is 0.328 e. The second-order valence-corrected chi connectivity index (χ2v) is 4.61. The maximum Gasteiger partial charge on any atom is 0.328 e. The Kier molecular flexibility index (Phi) is 4.71. The van der Waals surface area contributed by atoms with E-state index in [1.807, 2.05) is 22.9 Å². The quantitative estimate of drug-likeness (QED) is 0.821. The average molecular weight is 270 g/mol. The van der Waals surface area contributed by atoms with Gasteiger partial charge in [-0.1, -0.05) is 43.7 Å². The molecule has 0 radical (unpaired) electrons. The molecule has 0 aliphatic rings. The molecule has 0 aliphatic heterocycles. The number of carboxylic acids is 1. The van der Waals surface area contributed by atoms with Gasteiger partial charge >= 0.3 is 5.97 Å². The molecule has 0 saturated carbocycles. The third kappa shape index (κ3) is 3.57. The zero-order valence-electron chi connectivity index (χ0n) is 11.5. The first kappa shape index (κ1) is 14.1. The molecule has 0 atom stereocenters. The molecule has 0 fully saturated rings. The van der Waals surface area contributed by atoms with E-state index in [-0.39, 0.29) is 0 Å². The first-order valence-corrected chi connectivity index (χ1v) is 6.70. The first-order valence-electron chi connectivity index (χ1n) is 6.70. The maximum atomic E-state index is 10.6. The van der Waals surface area contributed by atoms with Crippen LogP contribution < -0.4 is 0 Å². The van der Waals surface area contributed by atoms with Crippen LogP contribution in [0.15, 0.2) is 42.6 Å². The average Bonchev–Trinajstić information content (AvgIpc) is 2.81. The lowest BCUT2D eigenvalue weighted by molar-refractivity contribution is -0.131. The second kappa shape index (κ2) is 6.70. The lowest BCUT2D eigenvalue weighted by Gasteiger charge is -2.08. The molecule has 4 heteroatoms. The van der Waals surface area contributed by atoms with Crippen LogP contribution in [0.25, 0.3) is 6.08 Å². The molecule has 104 valence electrons. The summed E-state index contributed by atoms with van der Waals surface area (Å²) < 4.78 is 1.94. The third-order valence-electron chi connectivity index (χ3n) is 3.05. The normalized spacial score (nSPS) is 11.1. The predicted molar refractivity (Wildman–Crippen MR) is 78.4 cm³/mol. The molecule has 0 unspecified atom stereocenters. The minimum absolute atomic E-state index is 0.705. The number of aromatic nitrogens is 2.